The first kappa shape index (κ1) is 19.9. The Hall–Kier alpha value is -2.85. The van der Waals surface area contributed by atoms with Gasteiger partial charge in [0.1, 0.15) is 5.75 Å². The minimum Gasteiger partial charge on any atom is -0.495 e. The number of hydrogen-bond donors (Lipinski definition) is 3. The topological polar surface area (TPSA) is 104 Å². The van der Waals surface area contributed by atoms with E-state index < -0.39 is 0 Å². The van der Waals surface area contributed by atoms with Crippen LogP contribution in [0.25, 0.3) is 0 Å². The second kappa shape index (κ2) is 9.90. The number of benzene rings is 2. The predicted molar refractivity (Wildman–Crippen MR) is 114 cm³/mol. The summed E-state index contributed by atoms with van der Waals surface area (Å²) in [4.78, 5) is 16.4. The number of nitrogens with one attached hydrogen (secondary N) is 3. The smallest absolute Gasteiger partial charge is 0.240 e. The lowest BCUT2D eigenvalue weighted by Gasteiger charge is -2.08. The quantitative estimate of drug-likeness (QED) is 0.268. The van der Waals surface area contributed by atoms with Crippen LogP contribution in [0.1, 0.15) is 5.56 Å². The van der Waals surface area contributed by atoms with Gasteiger partial charge >= 0.3 is 0 Å². The zero-order valence-electron chi connectivity index (χ0n) is 14.8. The maximum atomic E-state index is 12.1. The van der Waals surface area contributed by atoms with E-state index in [1.807, 2.05) is 36.4 Å². The molecule has 1 heterocycles. The summed E-state index contributed by atoms with van der Waals surface area (Å²) in [5, 5.41) is 14.1. The molecule has 0 bridgehead atoms. The zero-order valence-corrected chi connectivity index (χ0v) is 17.3. The number of thioether (sulfide) groups is 1. The van der Waals surface area contributed by atoms with Crippen LogP contribution >= 0.6 is 27.7 Å². The molecule has 3 aromatic rings. The van der Waals surface area contributed by atoms with Gasteiger partial charge in [0.2, 0.25) is 17.0 Å². The van der Waals surface area contributed by atoms with Crippen molar-refractivity contribution in [3.8, 4) is 5.75 Å². The Bertz CT molecular complexity index is 978. The average Bonchev–Trinajstić information content (AvgIpc) is 3.15. The number of para-hydroxylation sites is 2. The zero-order chi connectivity index (χ0) is 19.8. The molecule has 0 fully saturated rings. The van der Waals surface area contributed by atoms with Gasteiger partial charge in [0.25, 0.3) is 0 Å². The van der Waals surface area contributed by atoms with E-state index >= 15 is 0 Å². The third-order valence-corrected chi connectivity index (χ3v) is 4.75. The van der Waals surface area contributed by atoms with Crippen molar-refractivity contribution < 1.29 is 9.53 Å². The minimum atomic E-state index is -0.179. The first-order valence-corrected chi connectivity index (χ1v) is 9.94. The number of amides is 1. The second-order valence-corrected chi connectivity index (χ2v) is 7.29. The molecular formula is C18H17BrN6O2S. The molecule has 10 heteroatoms. The standard InChI is InChI=1S/C18H17BrN6O2S/c1-27-15-8-3-2-7-14(15)21-16(26)11-28-18-22-17(24-25-18)23-20-10-12-5-4-6-13(19)9-12/h2-10H,11H2,1H3,(H,21,26)(H2,22,23,24,25)/b20-10+. The normalized spacial score (nSPS) is 10.8. The summed E-state index contributed by atoms with van der Waals surface area (Å²) in [6.45, 7) is 0. The number of carbonyl (C=O) groups is 1. The highest BCUT2D eigenvalue weighted by atomic mass is 79.9. The van der Waals surface area contributed by atoms with Gasteiger partial charge in [-0.3, -0.25) is 4.79 Å². The van der Waals surface area contributed by atoms with Crippen molar-refractivity contribution in [3.05, 3.63) is 58.6 Å². The molecule has 0 saturated carbocycles. The van der Waals surface area contributed by atoms with E-state index in [1.54, 1.807) is 25.5 Å². The molecule has 0 aliphatic carbocycles. The minimum absolute atomic E-state index is 0.163. The molecule has 0 spiro atoms. The number of aromatic amines is 1. The molecule has 0 atom stereocenters. The predicted octanol–water partition coefficient (Wildman–Crippen LogP) is 3.75. The van der Waals surface area contributed by atoms with Gasteiger partial charge < -0.3 is 10.1 Å². The largest absolute Gasteiger partial charge is 0.495 e. The lowest BCUT2D eigenvalue weighted by molar-refractivity contribution is -0.113. The number of nitrogens with zero attached hydrogens (tertiary/aromatic N) is 3. The van der Waals surface area contributed by atoms with Gasteiger partial charge in [-0.15, -0.1) is 5.10 Å². The highest BCUT2D eigenvalue weighted by Gasteiger charge is 2.10. The highest BCUT2D eigenvalue weighted by molar-refractivity contribution is 9.10. The van der Waals surface area contributed by atoms with Gasteiger partial charge in [0.15, 0.2) is 0 Å². The van der Waals surface area contributed by atoms with Gasteiger partial charge in [-0.2, -0.15) is 10.1 Å². The summed E-state index contributed by atoms with van der Waals surface area (Å²) >= 11 is 4.62. The fourth-order valence-electron chi connectivity index (χ4n) is 2.18. The van der Waals surface area contributed by atoms with E-state index in [0.717, 1.165) is 10.0 Å². The Labute approximate surface area is 174 Å². The second-order valence-electron chi connectivity index (χ2n) is 5.43. The van der Waals surface area contributed by atoms with Crippen molar-refractivity contribution in [2.24, 2.45) is 5.10 Å². The van der Waals surface area contributed by atoms with Crippen LogP contribution in [0.4, 0.5) is 11.6 Å². The van der Waals surface area contributed by atoms with Crippen molar-refractivity contribution in [2.75, 3.05) is 23.6 Å². The maximum absolute atomic E-state index is 12.1. The van der Waals surface area contributed by atoms with E-state index in [0.29, 0.717) is 22.5 Å². The molecule has 28 heavy (non-hydrogen) atoms. The van der Waals surface area contributed by atoms with Crippen LogP contribution in [-0.2, 0) is 4.79 Å². The highest BCUT2D eigenvalue weighted by Crippen LogP contribution is 2.23. The summed E-state index contributed by atoms with van der Waals surface area (Å²) in [5.74, 6) is 0.977. The van der Waals surface area contributed by atoms with Gasteiger partial charge in [0.05, 0.1) is 24.8 Å². The number of rotatable bonds is 8. The molecule has 1 aromatic heterocycles. The lowest BCUT2D eigenvalue weighted by atomic mass is 10.2. The third-order valence-electron chi connectivity index (χ3n) is 3.41. The van der Waals surface area contributed by atoms with Gasteiger partial charge in [-0.05, 0) is 29.8 Å². The van der Waals surface area contributed by atoms with Crippen molar-refractivity contribution in [3.63, 3.8) is 0 Å². The first-order chi connectivity index (χ1) is 13.6. The number of halogens is 1. The molecule has 3 rings (SSSR count). The number of hydrazone groups is 1. The number of methoxy groups -OCH3 is 1. The third kappa shape index (κ3) is 5.83. The van der Waals surface area contributed by atoms with Crippen molar-refractivity contribution in [1.29, 1.82) is 0 Å². The molecule has 0 unspecified atom stereocenters. The van der Waals surface area contributed by atoms with Crippen LogP contribution in [0.2, 0.25) is 0 Å². The van der Waals surface area contributed by atoms with E-state index in [-0.39, 0.29) is 11.7 Å². The fraction of sp³-hybridized carbons (Fsp3) is 0.111. The van der Waals surface area contributed by atoms with E-state index in [9.17, 15) is 4.79 Å². The van der Waals surface area contributed by atoms with E-state index in [2.05, 4.69) is 47.0 Å². The number of H-pyrrole nitrogens is 1. The van der Waals surface area contributed by atoms with Crippen LogP contribution in [0.15, 0.2) is 63.3 Å². The van der Waals surface area contributed by atoms with Crippen LogP contribution in [-0.4, -0.2) is 40.2 Å². The molecule has 144 valence electrons. The van der Waals surface area contributed by atoms with Crippen LogP contribution in [0.5, 0.6) is 5.75 Å². The van der Waals surface area contributed by atoms with Gasteiger partial charge in [-0.25, -0.2) is 10.5 Å². The number of ether oxygens (including phenoxy) is 1. The summed E-state index contributed by atoms with van der Waals surface area (Å²) in [6, 6.07) is 15.0. The summed E-state index contributed by atoms with van der Waals surface area (Å²) < 4.78 is 6.19. The molecule has 0 aliphatic rings. The summed E-state index contributed by atoms with van der Waals surface area (Å²) in [5.41, 5.74) is 4.32. The van der Waals surface area contributed by atoms with Crippen LogP contribution < -0.4 is 15.5 Å². The fourth-order valence-corrected chi connectivity index (χ4v) is 3.20. The monoisotopic (exact) mass is 460 g/mol. The number of anilines is 2. The molecule has 1 amide bonds. The maximum Gasteiger partial charge on any atom is 0.240 e. The van der Waals surface area contributed by atoms with Crippen LogP contribution in [0.3, 0.4) is 0 Å². The Balaban J connectivity index is 1.48. The first-order valence-electron chi connectivity index (χ1n) is 8.17. The van der Waals surface area contributed by atoms with Crippen molar-refractivity contribution in [1.82, 2.24) is 15.2 Å². The van der Waals surface area contributed by atoms with E-state index in [4.69, 9.17) is 4.74 Å². The molecule has 0 saturated heterocycles. The van der Waals surface area contributed by atoms with Gasteiger partial charge in [0, 0.05) is 4.47 Å². The lowest BCUT2D eigenvalue weighted by Crippen LogP contribution is -2.14. The molecule has 2 aromatic carbocycles. The Morgan fingerprint density at radius 2 is 2.18 bits per heavy atom. The number of aromatic nitrogens is 3. The Morgan fingerprint density at radius 1 is 1.32 bits per heavy atom. The van der Waals surface area contributed by atoms with Gasteiger partial charge in [-0.1, -0.05) is 52.0 Å². The SMILES string of the molecule is COc1ccccc1NC(=O)CSc1n[nH]c(N/N=C/c2cccc(Br)c2)n1. The molecule has 0 radical (unpaired) electrons. The Kier molecular flexibility index (Phi) is 7.04. The van der Waals surface area contributed by atoms with E-state index in [1.165, 1.54) is 11.8 Å². The number of hydrogen-bond acceptors (Lipinski definition) is 7. The molecular weight excluding hydrogens is 444 g/mol. The average molecular weight is 461 g/mol. The Morgan fingerprint density at radius 3 is 3.00 bits per heavy atom. The van der Waals surface area contributed by atoms with Crippen molar-refractivity contribution >= 4 is 51.4 Å². The van der Waals surface area contributed by atoms with Crippen molar-refractivity contribution in [2.45, 2.75) is 5.16 Å². The molecule has 0 aliphatic heterocycles. The number of carbonyl (C=O) groups excluding carboxylic acids is 1. The molecule has 3 N–H and O–H groups in total. The summed E-state index contributed by atoms with van der Waals surface area (Å²) in [6.07, 6.45) is 1.67. The molecule has 8 nitrogen and oxygen atoms in total. The van der Waals surface area contributed by atoms with Crippen LogP contribution in [0, 0.1) is 0 Å². The summed E-state index contributed by atoms with van der Waals surface area (Å²) in [7, 11) is 1.56.